The SMILES string of the molecule is CCOC(=O)C(F)(F)C(NS(=O)C(C)(C)C)C1COC(C)(C)O1. The zero-order valence-electron chi connectivity index (χ0n) is 14.3. The van der Waals surface area contributed by atoms with Crippen LogP contribution in [0.25, 0.3) is 0 Å². The number of halogens is 2. The number of rotatable bonds is 6. The number of esters is 1. The van der Waals surface area contributed by atoms with Gasteiger partial charge in [0.05, 0.1) is 28.9 Å². The van der Waals surface area contributed by atoms with Crippen LogP contribution in [0, 0.1) is 0 Å². The van der Waals surface area contributed by atoms with E-state index < -0.39 is 45.6 Å². The maximum atomic E-state index is 14.5. The number of hydrogen-bond acceptors (Lipinski definition) is 5. The zero-order valence-corrected chi connectivity index (χ0v) is 15.1. The van der Waals surface area contributed by atoms with Crippen LogP contribution in [-0.2, 0) is 30.0 Å². The normalized spacial score (nSPS) is 24.3. The maximum absolute atomic E-state index is 14.5. The lowest BCUT2D eigenvalue weighted by Gasteiger charge is -2.32. The first kappa shape index (κ1) is 20.4. The minimum Gasteiger partial charge on any atom is -0.462 e. The summed E-state index contributed by atoms with van der Waals surface area (Å²) in [4.78, 5) is 11.6. The fourth-order valence-corrected chi connectivity index (χ4v) is 2.79. The van der Waals surface area contributed by atoms with Gasteiger partial charge in [0, 0.05) is 0 Å². The van der Waals surface area contributed by atoms with Crippen molar-refractivity contribution in [3.63, 3.8) is 0 Å². The summed E-state index contributed by atoms with van der Waals surface area (Å²) in [5, 5.41) is 0. The molecule has 0 aliphatic carbocycles. The highest BCUT2D eigenvalue weighted by molar-refractivity contribution is 7.84. The highest BCUT2D eigenvalue weighted by Crippen LogP contribution is 2.32. The Morgan fingerprint density at radius 2 is 2.00 bits per heavy atom. The summed E-state index contributed by atoms with van der Waals surface area (Å²) in [6.45, 7) is 9.14. The van der Waals surface area contributed by atoms with E-state index in [1.807, 2.05) is 0 Å². The van der Waals surface area contributed by atoms with Crippen LogP contribution >= 0.6 is 0 Å². The number of alkyl halides is 2. The van der Waals surface area contributed by atoms with Gasteiger partial charge in [-0.2, -0.15) is 8.78 Å². The summed E-state index contributed by atoms with van der Waals surface area (Å²) in [5.74, 6) is -6.65. The van der Waals surface area contributed by atoms with E-state index in [2.05, 4.69) is 9.46 Å². The second kappa shape index (κ2) is 7.08. The van der Waals surface area contributed by atoms with Gasteiger partial charge in [0.15, 0.2) is 5.79 Å². The second-order valence-electron chi connectivity index (χ2n) is 6.69. The average Bonchev–Trinajstić information content (AvgIpc) is 2.74. The molecule has 0 radical (unpaired) electrons. The highest BCUT2D eigenvalue weighted by atomic mass is 32.2. The molecule has 0 saturated carbocycles. The molecule has 6 nitrogen and oxygen atoms in total. The van der Waals surface area contributed by atoms with E-state index in [0.717, 1.165) is 0 Å². The first-order valence-corrected chi connectivity index (χ1v) is 8.51. The zero-order chi connectivity index (χ0) is 18.1. The summed E-state index contributed by atoms with van der Waals surface area (Å²) in [5.41, 5.74) is 0. The highest BCUT2D eigenvalue weighted by Gasteiger charge is 2.56. The predicted molar refractivity (Wildman–Crippen MR) is 81.3 cm³/mol. The molecular formula is C14H25F2NO5S. The number of hydrogen-bond donors (Lipinski definition) is 1. The third-order valence-corrected chi connectivity index (χ3v) is 4.71. The molecule has 1 aliphatic rings. The smallest absolute Gasteiger partial charge is 0.378 e. The maximum Gasteiger partial charge on any atom is 0.378 e. The van der Waals surface area contributed by atoms with Crippen LogP contribution in [0.4, 0.5) is 8.78 Å². The number of ether oxygens (including phenoxy) is 3. The molecule has 0 aromatic carbocycles. The fourth-order valence-electron chi connectivity index (χ4n) is 1.91. The van der Waals surface area contributed by atoms with E-state index in [9.17, 15) is 17.8 Å². The van der Waals surface area contributed by atoms with E-state index in [1.54, 1.807) is 34.6 Å². The first-order valence-electron chi connectivity index (χ1n) is 7.36. The third kappa shape index (κ3) is 5.17. The topological polar surface area (TPSA) is 73.9 Å². The Balaban J connectivity index is 3.06. The van der Waals surface area contributed by atoms with Gasteiger partial charge in [0.2, 0.25) is 0 Å². The molecule has 0 aromatic heterocycles. The van der Waals surface area contributed by atoms with Crippen LogP contribution in [0.2, 0.25) is 0 Å². The van der Waals surface area contributed by atoms with E-state index in [4.69, 9.17) is 9.47 Å². The molecule has 1 saturated heterocycles. The third-order valence-electron chi connectivity index (χ3n) is 3.13. The van der Waals surface area contributed by atoms with Crippen molar-refractivity contribution in [1.29, 1.82) is 0 Å². The summed E-state index contributed by atoms with van der Waals surface area (Å²) >= 11 is 0. The largest absolute Gasteiger partial charge is 0.462 e. The van der Waals surface area contributed by atoms with Gasteiger partial charge in [-0.15, -0.1) is 0 Å². The second-order valence-corrected chi connectivity index (χ2v) is 8.69. The lowest BCUT2D eigenvalue weighted by Crippen LogP contribution is -2.59. The first-order chi connectivity index (χ1) is 10.3. The van der Waals surface area contributed by atoms with Crippen LogP contribution in [0.5, 0.6) is 0 Å². The van der Waals surface area contributed by atoms with Crippen LogP contribution in [0.15, 0.2) is 0 Å². The average molecular weight is 357 g/mol. The van der Waals surface area contributed by atoms with Crippen molar-refractivity contribution < 1.29 is 32.0 Å². The summed E-state index contributed by atoms with van der Waals surface area (Å²) in [6, 6.07) is -1.83. The number of nitrogens with one attached hydrogen (secondary N) is 1. The fraction of sp³-hybridized carbons (Fsp3) is 0.929. The van der Waals surface area contributed by atoms with Crippen molar-refractivity contribution in [3.05, 3.63) is 0 Å². The van der Waals surface area contributed by atoms with Crippen molar-refractivity contribution >= 4 is 17.0 Å². The Hall–Kier alpha value is -0.640. The summed E-state index contributed by atoms with van der Waals surface area (Å²) in [6.07, 6.45) is -1.14. The minimum atomic E-state index is -3.91. The monoisotopic (exact) mass is 357 g/mol. The lowest BCUT2D eigenvalue weighted by molar-refractivity contribution is -0.186. The van der Waals surface area contributed by atoms with E-state index in [-0.39, 0.29) is 13.2 Å². The van der Waals surface area contributed by atoms with Crippen molar-refractivity contribution in [3.8, 4) is 0 Å². The van der Waals surface area contributed by atoms with Crippen LogP contribution in [-0.4, -0.2) is 52.0 Å². The Kier molecular flexibility index (Phi) is 6.28. The van der Waals surface area contributed by atoms with Gasteiger partial charge in [-0.1, -0.05) is 0 Å². The van der Waals surface area contributed by atoms with Crippen molar-refractivity contribution in [2.45, 2.75) is 70.1 Å². The number of carbonyl (C=O) groups excluding carboxylic acids is 1. The molecule has 1 fully saturated rings. The van der Waals surface area contributed by atoms with Crippen LogP contribution in [0.3, 0.4) is 0 Å². The Labute approximate surface area is 137 Å². The van der Waals surface area contributed by atoms with Gasteiger partial charge in [-0.05, 0) is 41.5 Å². The predicted octanol–water partition coefficient (Wildman–Crippen LogP) is 1.76. The van der Waals surface area contributed by atoms with Crippen LogP contribution < -0.4 is 4.72 Å². The van der Waals surface area contributed by atoms with Gasteiger partial charge < -0.3 is 14.2 Å². The molecule has 0 bridgehead atoms. The Morgan fingerprint density at radius 1 is 1.43 bits per heavy atom. The molecule has 1 rings (SSSR count). The van der Waals surface area contributed by atoms with E-state index >= 15 is 0 Å². The van der Waals surface area contributed by atoms with E-state index in [0.29, 0.717) is 0 Å². The summed E-state index contributed by atoms with van der Waals surface area (Å²) in [7, 11) is -1.83. The summed E-state index contributed by atoms with van der Waals surface area (Å²) < 4.78 is 58.0. The van der Waals surface area contributed by atoms with Gasteiger partial charge in [-0.25, -0.2) is 13.7 Å². The van der Waals surface area contributed by atoms with Gasteiger partial charge in [-0.3, -0.25) is 0 Å². The molecule has 0 aromatic rings. The van der Waals surface area contributed by atoms with E-state index in [1.165, 1.54) is 6.92 Å². The molecule has 3 atom stereocenters. The molecule has 3 unspecified atom stereocenters. The van der Waals surface area contributed by atoms with Crippen molar-refractivity contribution in [2.75, 3.05) is 13.2 Å². The molecule has 136 valence electrons. The van der Waals surface area contributed by atoms with Gasteiger partial charge >= 0.3 is 11.9 Å². The lowest BCUT2D eigenvalue weighted by atomic mass is 10.1. The molecule has 23 heavy (non-hydrogen) atoms. The van der Waals surface area contributed by atoms with Crippen LogP contribution in [0.1, 0.15) is 41.5 Å². The van der Waals surface area contributed by atoms with Gasteiger partial charge in [0.25, 0.3) is 0 Å². The molecule has 1 N–H and O–H groups in total. The number of carbonyl (C=O) groups is 1. The van der Waals surface area contributed by atoms with Crippen molar-refractivity contribution in [2.24, 2.45) is 0 Å². The molecule has 0 spiro atoms. The Bertz CT molecular complexity index is 465. The molecular weight excluding hydrogens is 332 g/mol. The molecule has 1 heterocycles. The van der Waals surface area contributed by atoms with Gasteiger partial charge in [0.1, 0.15) is 12.1 Å². The van der Waals surface area contributed by atoms with Crippen molar-refractivity contribution in [1.82, 2.24) is 4.72 Å². The standard InChI is InChI=1S/C14H25F2NO5S/c1-7-20-11(18)14(15,16)10(17-23(19)12(2,3)4)9-8-21-13(5,6)22-9/h9-10,17H,7-8H2,1-6H3. The minimum absolute atomic E-state index is 0.152. The Morgan fingerprint density at radius 3 is 2.39 bits per heavy atom. The molecule has 1 aliphatic heterocycles. The molecule has 0 amide bonds. The quantitative estimate of drug-likeness (QED) is 0.733. The molecule has 9 heteroatoms.